The number of thiophene rings is 2. The number of hydrogen-bond donors (Lipinski definition) is 0. The molecule has 0 fully saturated rings. The molecule has 0 N–H and O–H groups in total. The van der Waals surface area contributed by atoms with Crippen molar-refractivity contribution >= 4 is 63.4 Å². The molecule has 29 heavy (non-hydrogen) atoms. The summed E-state index contributed by atoms with van der Waals surface area (Å²) >= 11 is 3.43. The van der Waals surface area contributed by atoms with Gasteiger partial charge in [-0.15, -0.1) is 22.7 Å². The van der Waals surface area contributed by atoms with E-state index >= 15 is 0 Å². The lowest BCUT2D eigenvalue weighted by Crippen LogP contribution is -1.93. The van der Waals surface area contributed by atoms with E-state index in [9.17, 15) is 0 Å². The van der Waals surface area contributed by atoms with Crippen molar-refractivity contribution in [3.05, 3.63) is 40.3 Å². The van der Waals surface area contributed by atoms with Crippen LogP contribution in [-0.2, 0) is 22.7 Å². The van der Waals surface area contributed by atoms with Gasteiger partial charge >= 0.3 is 0 Å². The lowest BCUT2D eigenvalue weighted by molar-refractivity contribution is 0.186. The summed E-state index contributed by atoms with van der Waals surface area (Å²) in [5, 5.41) is 3.52. The van der Waals surface area contributed by atoms with Gasteiger partial charge in [0.15, 0.2) is 0 Å². The molecule has 0 spiro atoms. The highest BCUT2D eigenvalue weighted by Crippen LogP contribution is 2.45. The molecule has 0 bridgehead atoms. The average molecular weight is 424 g/mol. The van der Waals surface area contributed by atoms with Gasteiger partial charge in [-0.05, 0) is 44.0 Å². The van der Waals surface area contributed by atoms with Crippen LogP contribution >= 0.6 is 22.7 Å². The molecule has 0 saturated heterocycles. The Kier molecular flexibility index (Phi) is 4.51. The monoisotopic (exact) mass is 423 g/mol. The van der Waals surface area contributed by atoms with Crippen LogP contribution in [0.2, 0.25) is 0 Å². The standard InChI is InChI=1S/C22H21N3O2S2/c1-10-6-13(8-26-4)15-17-19(28-21(15)23-10)12(3)25-18-16-14(9-27-5)7-11(2)24-22(16)29-20(17)18/h6-7H,8-9H2,1-5H3. The lowest BCUT2D eigenvalue weighted by atomic mass is 10.1. The highest BCUT2D eigenvalue weighted by atomic mass is 32.1. The second kappa shape index (κ2) is 6.95. The van der Waals surface area contributed by atoms with Gasteiger partial charge in [0.25, 0.3) is 0 Å². The van der Waals surface area contributed by atoms with Gasteiger partial charge in [0.2, 0.25) is 0 Å². The fourth-order valence-electron chi connectivity index (χ4n) is 4.11. The third-order valence-corrected chi connectivity index (χ3v) is 7.44. The number of aromatic nitrogens is 3. The van der Waals surface area contributed by atoms with Crippen molar-refractivity contribution in [3.63, 3.8) is 0 Å². The van der Waals surface area contributed by atoms with E-state index in [1.54, 1.807) is 36.9 Å². The first-order valence-electron chi connectivity index (χ1n) is 9.41. The van der Waals surface area contributed by atoms with Gasteiger partial charge in [0.1, 0.15) is 9.66 Å². The van der Waals surface area contributed by atoms with Crippen molar-refractivity contribution in [1.82, 2.24) is 15.0 Å². The quantitative estimate of drug-likeness (QED) is 0.364. The maximum Gasteiger partial charge on any atom is 0.126 e. The molecule has 5 heterocycles. The summed E-state index contributed by atoms with van der Waals surface area (Å²) in [4.78, 5) is 16.7. The Morgan fingerprint density at radius 3 is 1.90 bits per heavy atom. The van der Waals surface area contributed by atoms with Gasteiger partial charge < -0.3 is 9.47 Å². The van der Waals surface area contributed by atoms with Crippen LogP contribution < -0.4 is 0 Å². The number of rotatable bonds is 4. The van der Waals surface area contributed by atoms with Gasteiger partial charge in [-0.1, -0.05) is 0 Å². The van der Waals surface area contributed by atoms with Gasteiger partial charge in [-0.25, -0.2) is 15.0 Å². The normalized spacial score (nSPS) is 12.2. The van der Waals surface area contributed by atoms with Gasteiger partial charge in [-0.3, -0.25) is 0 Å². The first-order chi connectivity index (χ1) is 14.0. The Morgan fingerprint density at radius 1 is 0.724 bits per heavy atom. The number of aryl methyl sites for hydroxylation is 3. The zero-order valence-electron chi connectivity index (χ0n) is 17.0. The van der Waals surface area contributed by atoms with E-state index in [0.717, 1.165) is 43.2 Å². The second-order valence-corrected chi connectivity index (χ2v) is 9.35. The van der Waals surface area contributed by atoms with Crippen molar-refractivity contribution in [2.75, 3.05) is 14.2 Å². The molecule has 0 aliphatic carbocycles. The van der Waals surface area contributed by atoms with Gasteiger partial charge in [0.05, 0.1) is 33.8 Å². The van der Waals surface area contributed by atoms with Gasteiger partial charge in [0, 0.05) is 41.8 Å². The topological polar surface area (TPSA) is 57.1 Å². The highest BCUT2D eigenvalue weighted by Gasteiger charge is 2.21. The number of pyridine rings is 3. The van der Waals surface area contributed by atoms with Crippen molar-refractivity contribution in [2.24, 2.45) is 0 Å². The number of nitrogens with zero attached hydrogens (tertiary/aromatic N) is 3. The van der Waals surface area contributed by atoms with E-state index in [-0.39, 0.29) is 0 Å². The summed E-state index contributed by atoms with van der Waals surface area (Å²) in [5.74, 6) is 0. The van der Waals surface area contributed by atoms with E-state index in [1.165, 1.54) is 25.7 Å². The first kappa shape index (κ1) is 18.8. The minimum Gasteiger partial charge on any atom is -0.380 e. The van der Waals surface area contributed by atoms with Crippen LogP contribution in [0.5, 0.6) is 0 Å². The number of fused-ring (bicyclic) bond motifs is 7. The van der Waals surface area contributed by atoms with Crippen LogP contribution in [0.1, 0.15) is 28.2 Å². The molecular weight excluding hydrogens is 402 g/mol. The van der Waals surface area contributed by atoms with Crippen LogP contribution in [0.3, 0.4) is 0 Å². The molecule has 5 aromatic rings. The molecule has 5 aromatic heterocycles. The molecule has 0 saturated carbocycles. The first-order valence-corrected chi connectivity index (χ1v) is 11.0. The summed E-state index contributed by atoms with van der Waals surface area (Å²) in [5.41, 5.74) is 6.36. The van der Waals surface area contributed by atoms with Crippen LogP contribution in [-0.4, -0.2) is 29.2 Å². The molecule has 0 unspecified atom stereocenters. The number of hydrogen-bond acceptors (Lipinski definition) is 7. The van der Waals surface area contributed by atoms with Crippen LogP contribution in [0.25, 0.3) is 40.7 Å². The Hall–Kier alpha value is -2.19. The smallest absolute Gasteiger partial charge is 0.126 e. The SMILES string of the molecule is COCc1cc(C)nc2sc3c(nc(C)c4sc5nc(C)cc(COC)c5c43)c12. The maximum absolute atomic E-state index is 5.51. The summed E-state index contributed by atoms with van der Waals surface area (Å²) < 4.78 is 13.3. The van der Waals surface area contributed by atoms with Crippen LogP contribution in [0.15, 0.2) is 12.1 Å². The highest BCUT2D eigenvalue weighted by molar-refractivity contribution is 7.29. The summed E-state index contributed by atoms with van der Waals surface area (Å²) in [6.45, 7) is 7.25. The van der Waals surface area contributed by atoms with E-state index in [1.807, 2.05) is 13.8 Å². The van der Waals surface area contributed by atoms with Crippen molar-refractivity contribution in [2.45, 2.75) is 34.0 Å². The van der Waals surface area contributed by atoms with E-state index < -0.39 is 0 Å². The molecule has 0 atom stereocenters. The summed E-state index contributed by atoms with van der Waals surface area (Å²) in [7, 11) is 3.46. The molecule has 0 radical (unpaired) electrons. The zero-order valence-corrected chi connectivity index (χ0v) is 18.7. The van der Waals surface area contributed by atoms with Crippen molar-refractivity contribution in [1.29, 1.82) is 0 Å². The molecular formula is C22H21N3O2S2. The molecule has 5 rings (SSSR count). The molecule has 0 aromatic carbocycles. The predicted molar refractivity (Wildman–Crippen MR) is 121 cm³/mol. The Balaban J connectivity index is 2.02. The number of ether oxygens (including phenoxy) is 2. The molecule has 7 heteroatoms. The van der Waals surface area contributed by atoms with Crippen LogP contribution in [0.4, 0.5) is 0 Å². The predicted octanol–water partition coefficient (Wildman–Crippen LogP) is 5.83. The van der Waals surface area contributed by atoms with E-state index in [4.69, 9.17) is 24.4 Å². The molecule has 0 aliphatic rings. The fraction of sp³-hybridized carbons (Fsp3) is 0.318. The maximum atomic E-state index is 5.51. The lowest BCUT2D eigenvalue weighted by Gasteiger charge is -2.06. The number of methoxy groups -OCH3 is 2. The van der Waals surface area contributed by atoms with Crippen molar-refractivity contribution in [3.8, 4) is 0 Å². The molecule has 0 aliphatic heterocycles. The molecule has 148 valence electrons. The third-order valence-electron chi connectivity index (χ3n) is 5.15. The van der Waals surface area contributed by atoms with Crippen LogP contribution in [0, 0.1) is 20.8 Å². The zero-order chi connectivity index (χ0) is 20.3. The van der Waals surface area contributed by atoms with Crippen molar-refractivity contribution < 1.29 is 9.47 Å². The Labute approximate surface area is 176 Å². The second-order valence-electron chi connectivity index (χ2n) is 7.36. The minimum absolute atomic E-state index is 0.546. The average Bonchev–Trinajstić information content (AvgIpc) is 3.20. The van der Waals surface area contributed by atoms with E-state index in [0.29, 0.717) is 13.2 Å². The Bertz CT molecular complexity index is 1420. The third kappa shape index (κ3) is 2.84. The van der Waals surface area contributed by atoms with Gasteiger partial charge in [-0.2, -0.15) is 0 Å². The largest absolute Gasteiger partial charge is 0.380 e. The van der Waals surface area contributed by atoms with E-state index in [2.05, 4.69) is 19.1 Å². The summed E-state index contributed by atoms with van der Waals surface area (Å²) in [6, 6.07) is 4.23. The molecule has 5 nitrogen and oxygen atoms in total. The Morgan fingerprint density at radius 2 is 1.28 bits per heavy atom. The summed E-state index contributed by atoms with van der Waals surface area (Å²) in [6.07, 6.45) is 0. The fourth-order valence-corrected chi connectivity index (χ4v) is 6.66. The minimum atomic E-state index is 0.546. The molecule has 0 amide bonds.